The summed E-state index contributed by atoms with van der Waals surface area (Å²) in [6.07, 6.45) is -0.682. The van der Waals surface area contributed by atoms with Gasteiger partial charge in [-0.25, -0.2) is 0 Å². The molecule has 0 aliphatic heterocycles. The molecular weight excluding hydrogens is 144 g/mol. The summed E-state index contributed by atoms with van der Waals surface area (Å²) in [5.74, 6) is -1.42. The van der Waals surface area contributed by atoms with E-state index in [1.54, 1.807) is 6.92 Å². The highest BCUT2D eigenvalue weighted by Gasteiger charge is 2.14. The molecule has 4 heteroatoms. The van der Waals surface area contributed by atoms with Crippen LogP contribution < -0.4 is 5.11 Å². The van der Waals surface area contributed by atoms with Crippen LogP contribution in [0.25, 0.3) is 0 Å². The fourth-order valence-electron chi connectivity index (χ4n) is 0.364. The van der Waals surface area contributed by atoms with E-state index in [9.17, 15) is 9.90 Å². The van der Waals surface area contributed by atoms with Crippen molar-refractivity contribution in [2.75, 3.05) is 0 Å². The second-order valence-corrected chi connectivity index (χ2v) is 2.17. The number of carbonyl (C=O) groups excluding carboxylic acids is 1. The third-order valence-corrected chi connectivity index (χ3v) is 1.45. The van der Waals surface area contributed by atoms with E-state index < -0.39 is 17.5 Å². The van der Waals surface area contributed by atoms with Gasteiger partial charge in [-0.15, -0.1) is 11.6 Å². The van der Waals surface area contributed by atoms with Crippen molar-refractivity contribution in [1.82, 2.24) is 0 Å². The summed E-state index contributed by atoms with van der Waals surface area (Å²) in [6.45, 7) is 1.64. The number of carbonyl (C=O) groups is 1. The molecule has 0 fully saturated rings. The monoisotopic (exact) mass is 151 g/mol. The Labute approximate surface area is 58.3 Å². The summed E-state index contributed by atoms with van der Waals surface area (Å²) < 4.78 is 0. The average molecular weight is 152 g/mol. The van der Waals surface area contributed by atoms with E-state index in [-0.39, 0.29) is 0 Å². The van der Waals surface area contributed by atoms with Crippen LogP contribution >= 0.6 is 11.6 Å². The van der Waals surface area contributed by atoms with Gasteiger partial charge in [0.2, 0.25) is 0 Å². The van der Waals surface area contributed by atoms with E-state index in [1.807, 2.05) is 0 Å². The Morgan fingerprint density at radius 3 is 2.44 bits per heavy atom. The van der Waals surface area contributed by atoms with E-state index in [2.05, 4.69) is 0 Å². The molecule has 0 aliphatic rings. The molecule has 0 unspecified atom stereocenters. The standard InChI is InChI=1S/C5H9ClO3/c1-2-3(7)4(6)5(8)9/h3-4,7H,2H2,1H3,(H,8,9)/p-1/t3-,4-/m0/s1. The van der Waals surface area contributed by atoms with Crippen molar-refractivity contribution in [3.63, 3.8) is 0 Å². The third-order valence-electron chi connectivity index (χ3n) is 0.981. The van der Waals surface area contributed by atoms with Gasteiger partial charge in [0.25, 0.3) is 0 Å². The van der Waals surface area contributed by atoms with Gasteiger partial charge < -0.3 is 15.0 Å². The number of aliphatic hydroxyl groups excluding tert-OH is 1. The highest BCUT2D eigenvalue weighted by atomic mass is 35.5. The number of carboxylic acids is 1. The lowest BCUT2D eigenvalue weighted by atomic mass is 10.2. The average Bonchev–Trinajstić information content (AvgIpc) is 1.84. The topological polar surface area (TPSA) is 60.4 Å². The summed E-state index contributed by atoms with van der Waals surface area (Å²) in [5, 5.41) is 17.4. The maximum atomic E-state index is 9.90. The van der Waals surface area contributed by atoms with Crippen molar-refractivity contribution in [2.24, 2.45) is 0 Å². The zero-order valence-electron chi connectivity index (χ0n) is 5.00. The maximum absolute atomic E-state index is 9.90. The smallest absolute Gasteiger partial charge is 0.0988 e. The summed E-state index contributed by atoms with van der Waals surface area (Å²) >= 11 is 5.15. The third kappa shape index (κ3) is 2.67. The van der Waals surface area contributed by atoms with E-state index in [4.69, 9.17) is 16.7 Å². The molecule has 0 aromatic heterocycles. The van der Waals surface area contributed by atoms with Gasteiger partial charge in [-0.1, -0.05) is 6.92 Å². The van der Waals surface area contributed by atoms with Crippen LogP contribution in [-0.4, -0.2) is 22.6 Å². The minimum absolute atomic E-state index is 0.322. The van der Waals surface area contributed by atoms with Crippen LogP contribution in [0.2, 0.25) is 0 Å². The van der Waals surface area contributed by atoms with Crippen LogP contribution in [0.15, 0.2) is 0 Å². The number of hydrogen-bond acceptors (Lipinski definition) is 3. The lowest BCUT2D eigenvalue weighted by Gasteiger charge is -2.14. The van der Waals surface area contributed by atoms with Gasteiger partial charge in [-0.2, -0.15) is 0 Å². The van der Waals surface area contributed by atoms with Gasteiger partial charge >= 0.3 is 0 Å². The molecule has 0 amide bonds. The first-order valence-corrected chi connectivity index (χ1v) is 3.06. The molecule has 0 saturated carbocycles. The Kier molecular flexibility index (Phi) is 3.58. The fourth-order valence-corrected chi connectivity index (χ4v) is 0.542. The van der Waals surface area contributed by atoms with Crippen molar-refractivity contribution in [2.45, 2.75) is 24.8 Å². The maximum Gasteiger partial charge on any atom is 0.0988 e. The zero-order chi connectivity index (χ0) is 7.44. The molecule has 3 nitrogen and oxygen atoms in total. The largest absolute Gasteiger partial charge is 0.548 e. The van der Waals surface area contributed by atoms with E-state index in [0.717, 1.165) is 0 Å². The van der Waals surface area contributed by atoms with Crippen molar-refractivity contribution in [3.8, 4) is 0 Å². The molecule has 0 bridgehead atoms. The number of rotatable bonds is 3. The van der Waals surface area contributed by atoms with Crippen molar-refractivity contribution >= 4 is 17.6 Å². The molecule has 0 aromatic rings. The van der Waals surface area contributed by atoms with Gasteiger partial charge in [0.1, 0.15) is 0 Å². The number of halogens is 1. The number of aliphatic hydroxyl groups is 1. The van der Waals surface area contributed by atoms with Gasteiger partial charge in [0.15, 0.2) is 0 Å². The van der Waals surface area contributed by atoms with Gasteiger partial charge in [0.05, 0.1) is 17.5 Å². The first kappa shape index (κ1) is 8.72. The summed E-state index contributed by atoms with van der Waals surface area (Å²) in [6, 6.07) is 0. The molecular formula is C5H8ClO3-. The number of carboxylic acid groups (broad SMARTS) is 1. The van der Waals surface area contributed by atoms with Gasteiger partial charge in [-0.3, -0.25) is 0 Å². The Hall–Kier alpha value is -0.280. The van der Waals surface area contributed by atoms with Crippen LogP contribution in [0.1, 0.15) is 13.3 Å². The van der Waals surface area contributed by atoms with Crippen molar-refractivity contribution in [3.05, 3.63) is 0 Å². The van der Waals surface area contributed by atoms with Crippen LogP contribution in [-0.2, 0) is 4.79 Å². The normalized spacial score (nSPS) is 16.8. The molecule has 0 saturated heterocycles. The van der Waals surface area contributed by atoms with Gasteiger partial charge in [-0.05, 0) is 6.42 Å². The van der Waals surface area contributed by atoms with Crippen LogP contribution in [0.5, 0.6) is 0 Å². The SMILES string of the molecule is CC[C@H](O)[C@H](Cl)C(=O)[O-]. The van der Waals surface area contributed by atoms with Crippen LogP contribution in [0.4, 0.5) is 0 Å². The predicted octanol–water partition coefficient (Wildman–Crippen LogP) is -0.885. The zero-order valence-corrected chi connectivity index (χ0v) is 5.76. The molecule has 0 heterocycles. The summed E-state index contributed by atoms with van der Waals surface area (Å²) in [4.78, 5) is 9.90. The molecule has 1 N–H and O–H groups in total. The minimum atomic E-state index is -1.42. The number of aliphatic carboxylic acids is 1. The Morgan fingerprint density at radius 2 is 2.33 bits per heavy atom. The highest BCUT2D eigenvalue weighted by molar-refractivity contribution is 6.29. The Morgan fingerprint density at radius 1 is 1.89 bits per heavy atom. The molecule has 9 heavy (non-hydrogen) atoms. The highest BCUT2D eigenvalue weighted by Crippen LogP contribution is 2.04. The minimum Gasteiger partial charge on any atom is -0.548 e. The van der Waals surface area contributed by atoms with E-state index >= 15 is 0 Å². The van der Waals surface area contributed by atoms with Crippen molar-refractivity contribution < 1.29 is 15.0 Å². The van der Waals surface area contributed by atoms with Crippen LogP contribution in [0, 0.1) is 0 Å². The lowest BCUT2D eigenvalue weighted by Crippen LogP contribution is -2.39. The molecule has 0 spiro atoms. The molecule has 0 rings (SSSR count). The molecule has 0 aliphatic carbocycles. The molecule has 2 atom stereocenters. The number of hydrogen-bond donors (Lipinski definition) is 1. The molecule has 54 valence electrons. The lowest BCUT2D eigenvalue weighted by molar-refractivity contribution is -0.306. The number of alkyl halides is 1. The van der Waals surface area contributed by atoms with E-state index in [1.165, 1.54) is 0 Å². The summed E-state index contributed by atoms with van der Waals surface area (Å²) in [5.41, 5.74) is 0. The first-order valence-electron chi connectivity index (χ1n) is 2.62. The van der Waals surface area contributed by atoms with Crippen molar-refractivity contribution in [1.29, 1.82) is 0 Å². The van der Waals surface area contributed by atoms with Crippen LogP contribution in [0.3, 0.4) is 0 Å². The molecule has 0 aromatic carbocycles. The quantitative estimate of drug-likeness (QED) is 0.533. The second-order valence-electron chi connectivity index (χ2n) is 1.70. The Bertz CT molecular complexity index is 104. The first-order chi connectivity index (χ1) is 4.09. The summed E-state index contributed by atoms with van der Waals surface area (Å²) in [7, 11) is 0. The Balaban J connectivity index is 3.72. The predicted molar refractivity (Wildman–Crippen MR) is 30.9 cm³/mol. The second kappa shape index (κ2) is 3.69. The fraction of sp³-hybridized carbons (Fsp3) is 0.800. The molecule has 0 radical (unpaired) electrons. The van der Waals surface area contributed by atoms with E-state index in [0.29, 0.717) is 6.42 Å². The van der Waals surface area contributed by atoms with Gasteiger partial charge in [0, 0.05) is 0 Å².